The molecule has 0 aliphatic heterocycles. The first-order chi connectivity index (χ1) is 11.1. The second-order valence-corrected chi connectivity index (χ2v) is 6.29. The number of carbonyl (C=O) groups is 1. The third-order valence-corrected chi connectivity index (χ3v) is 4.27. The van der Waals surface area contributed by atoms with Crippen LogP contribution in [0.4, 0.5) is 4.79 Å². The number of ether oxygens (including phenoxy) is 1. The number of aliphatic hydroxyl groups excluding tert-OH is 1. The highest BCUT2D eigenvalue weighted by atomic mass is 16.5. The fourth-order valence-electron chi connectivity index (χ4n) is 3.02. The van der Waals surface area contributed by atoms with Gasteiger partial charge < -0.3 is 20.5 Å². The molecule has 23 heavy (non-hydrogen) atoms. The van der Waals surface area contributed by atoms with Gasteiger partial charge in [-0.3, -0.25) is 0 Å². The van der Waals surface area contributed by atoms with E-state index in [0.29, 0.717) is 25.6 Å². The fraction of sp³-hybridized carbons (Fsp3) is 0.611. The molecule has 128 valence electrons. The zero-order valence-corrected chi connectivity index (χ0v) is 14.1. The largest absolute Gasteiger partial charge is 0.494 e. The van der Waals surface area contributed by atoms with Crippen LogP contribution in [0.3, 0.4) is 0 Å². The minimum Gasteiger partial charge on any atom is -0.494 e. The van der Waals surface area contributed by atoms with E-state index in [1.807, 2.05) is 32.0 Å². The Morgan fingerprint density at radius 1 is 1.35 bits per heavy atom. The molecule has 1 saturated carbocycles. The molecule has 1 aliphatic rings. The van der Waals surface area contributed by atoms with Gasteiger partial charge in [0.15, 0.2) is 0 Å². The third kappa shape index (κ3) is 5.75. The zero-order valence-electron chi connectivity index (χ0n) is 14.1. The van der Waals surface area contributed by atoms with E-state index < -0.39 is 0 Å². The van der Waals surface area contributed by atoms with Crippen molar-refractivity contribution in [2.45, 2.75) is 52.2 Å². The molecular weight excluding hydrogens is 292 g/mol. The van der Waals surface area contributed by atoms with Crippen molar-refractivity contribution in [1.29, 1.82) is 0 Å². The van der Waals surface area contributed by atoms with Crippen molar-refractivity contribution in [2.75, 3.05) is 13.2 Å². The van der Waals surface area contributed by atoms with Gasteiger partial charge in [-0.15, -0.1) is 0 Å². The van der Waals surface area contributed by atoms with Crippen molar-refractivity contribution in [3.05, 3.63) is 29.3 Å². The summed E-state index contributed by atoms with van der Waals surface area (Å²) >= 11 is 0. The number of amides is 2. The molecule has 2 rings (SSSR count). The minimum absolute atomic E-state index is 0.173. The number of rotatable bonds is 6. The average Bonchev–Trinajstić information content (AvgIpc) is 2.52. The van der Waals surface area contributed by atoms with Gasteiger partial charge in [0.2, 0.25) is 0 Å². The van der Waals surface area contributed by atoms with Crippen molar-refractivity contribution < 1.29 is 14.6 Å². The smallest absolute Gasteiger partial charge is 0.315 e. The number of benzene rings is 1. The molecule has 0 bridgehead atoms. The van der Waals surface area contributed by atoms with Gasteiger partial charge in [0, 0.05) is 18.7 Å². The number of nitrogens with one attached hydrogen (secondary N) is 2. The maximum atomic E-state index is 12.0. The number of hydrogen-bond acceptors (Lipinski definition) is 3. The van der Waals surface area contributed by atoms with Gasteiger partial charge in [0.25, 0.3) is 0 Å². The predicted octanol–water partition coefficient (Wildman–Crippen LogP) is 2.74. The van der Waals surface area contributed by atoms with E-state index in [1.54, 1.807) is 0 Å². The lowest BCUT2D eigenvalue weighted by Crippen LogP contribution is -2.39. The Morgan fingerprint density at radius 3 is 2.91 bits per heavy atom. The van der Waals surface area contributed by atoms with E-state index in [1.165, 1.54) is 0 Å². The first-order valence-electron chi connectivity index (χ1n) is 8.50. The molecule has 0 saturated heterocycles. The number of hydrogen-bond donors (Lipinski definition) is 3. The summed E-state index contributed by atoms with van der Waals surface area (Å²) in [6.07, 6.45) is 3.57. The molecule has 0 spiro atoms. The first kappa shape index (κ1) is 17.6. The SMILES string of the molecule is CCOc1cc(C)ccc1CNC(=O)NCC1CCCC(O)C1. The van der Waals surface area contributed by atoms with Gasteiger partial charge in [-0.25, -0.2) is 4.79 Å². The summed E-state index contributed by atoms with van der Waals surface area (Å²) in [6.45, 7) is 5.63. The molecule has 3 N–H and O–H groups in total. The van der Waals surface area contributed by atoms with Gasteiger partial charge in [-0.1, -0.05) is 18.6 Å². The topological polar surface area (TPSA) is 70.6 Å². The molecule has 0 heterocycles. The van der Waals surface area contributed by atoms with Crippen LogP contribution in [0.2, 0.25) is 0 Å². The molecule has 2 atom stereocenters. The van der Waals surface area contributed by atoms with Crippen LogP contribution in [0.25, 0.3) is 0 Å². The Labute approximate surface area is 138 Å². The van der Waals surface area contributed by atoms with Crippen LogP contribution in [-0.2, 0) is 6.54 Å². The summed E-state index contributed by atoms with van der Waals surface area (Å²) in [7, 11) is 0. The van der Waals surface area contributed by atoms with E-state index in [4.69, 9.17) is 4.74 Å². The van der Waals surface area contributed by atoms with E-state index in [0.717, 1.165) is 42.6 Å². The van der Waals surface area contributed by atoms with Crippen LogP contribution in [0.5, 0.6) is 5.75 Å². The monoisotopic (exact) mass is 320 g/mol. The van der Waals surface area contributed by atoms with Crippen LogP contribution in [0.1, 0.15) is 43.7 Å². The molecule has 0 aromatic heterocycles. The van der Waals surface area contributed by atoms with Gasteiger partial charge in [-0.2, -0.15) is 0 Å². The molecule has 2 amide bonds. The second-order valence-electron chi connectivity index (χ2n) is 6.29. The third-order valence-electron chi connectivity index (χ3n) is 4.27. The summed E-state index contributed by atoms with van der Waals surface area (Å²) in [5, 5.41) is 15.4. The van der Waals surface area contributed by atoms with E-state index in [2.05, 4.69) is 10.6 Å². The first-order valence-corrected chi connectivity index (χ1v) is 8.50. The summed E-state index contributed by atoms with van der Waals surface area (Å²) in [6, 6.07) is 5.81. The van der Waals surface area contributed by atoms with Crippen LogP contribution in [-0.4, -0.2) is 30.4 Å². The summed E-state index contributed by atoms with van der Waals surface area (Å²) < 4.78 is 5.62. The van der Waals surface area contributed by atoms with Crippen molar-refractivity contribution in [1.82, 2.24) is 10.6 Å². The second kappa shape index (κ2) is 8.77. The highest BCUT2D eigenvalue weighted by Crippen LogP contribution is 2.23. The number of urea groups is 1. The highest BCUT2D eigenvalue weighted by molar-refractivity contribution is 5.73. The Hall–Kier alpha value is -1.75. The minimum atomic E-state index is -0.208. The lowest BCUT2D eigenvalue weighted by molar-refractivity contribution is 0.101. The number of aliphatic hydroxyl groups is 1. The summed E-state index contributed by atoms with van der Waals surface area (Å²) in [5.41, 5.74) is 2.11. The van der Waals surface area contributed by atoms with Crippen LogP contribution in [0, 0.1) is 12.8 Å². The Morgan fingerprint density at radius 2 is 2.17 bits per heavy atom. The van der Waals surface area contributed by atoms with Gasteiger partial charge in [-0.05, 0) is 50.7 Å². The van der Waals surface area contributed by atoms with Crippen LogP contribution >= 0.6 is 0 Å². The molecule has 1 fully saturated rings. The lowest BCUT2D eigenvalue weighted by Gasteiger charge is -2.25. The van der Waals surface area contributed by atoms with Crippen molar-refractivity contribution in [3.63, 3.8) is 0 Å². The standard InChI is InChI=1S/C18H28N2O3/c1-3-23-17-9-13(2)7-8-15(17)12-20-18(22)19-11-14-5-4-6-16(21)10-14/h7-9,14,16,21H,3-6,10-12H2,1-2H3,(H2,19,20,22). The fourth-order valence-corrected chi connectivity index (χ4v) is 3.02. The van der Waals surface area contributed by atoms with Crippen molar-refractivity contribution in [3.8, 4) is 5.75 Å². The highest BCUT2D eigenvalue weighted by Gasteiger charge is 2.20. The van der Waals surface area contributed by atoms with E-state index in [9.17, 15) is 9.90 Å². The van der Waals surface area contributed by atoms with Crippen LogP contribution < -0.4 is 15.4 Å². The number of aryl methyl sites for hydroxylation is 1. The van der Waals surface area contributed by atoms with Crippen molar-refractivity contribution in [2.24, 2.45) is 5.92 Å². The predicted molar refractivity (Wildman–Crippen MR) is 90.6 cm³/mol. The summed E-state index contributed by atoms with van der Waals surface area (Å²) in [4.78, 5) is 12.0. The zero-order chi connectivity index (χ0) is 16.7. The molecule has 1 aromatic carbocycles. The van der Waals surface area contributed by atoms with E-state index in [-0.39, 0.29) is 12.1 Å². The number of carbonyl (C=O) groups excluding carboxylic acids is 1. The molecule has 0 radical (unpaired) electrons. The molecule has 1 aliphatic carbocycles. The molecule has 5 nitrogen and oxygen atoms in total. The quantitative estimate of drug-likeness (QED) is 0.755. The average molecular weight is 320 g/mol. The van der Waals surface area contributed by atoms with Gasteiger partial charge in [0.05, 0.1) is 12.7 Å². The normalized spacial score (nSPS) is 20.8. The molecular formula is C18H28N2O3. The van der Waals surface area contributed by atoms with Gasteiger partial charge >= 0.3 is 6.03 Å². The lowest BCUT2D eigenvalue weighted by atomic mass is 9.87. The summed E-state index contributed by atoms with van der Waals surface area (Å²) in [5.74, 6) is 1.20. The van der Waals surface area contributed by atoms with Crippen molar-refractivity contribution >= 4 is 6.03 Å². The molecule has 2 unspecified atom stereocenters. The Kier molecular flexibility index (Phi) is 6.71. The van der Waals surface area contributed by atoms with E-state index >= 15 is 0 Å². The Balaban J connectivity index is 1.78. The Bertz CT molecular complexity index is 519. The maximum absolute atomic E-state index is 12.0. The molecule has 1 aromatic rings. The van der Waals surface area contributed by atoms with Crippen LogP contribution in [0.15, 0.2) is 18.2 Å². The molecule has 5 heteroatoms. The van der Waals surface area contributed by atoms with Gasteiger partial charge in [0.1, 0.15) is 5.75 Å². The maximum Gasteiger partial charge on any atom is 0.315 e.